The Morgan fingerprint density at radius 1 is 1.19 bits per heavy atom. The first-order valence-corrected chi connectivity index (χ1v) is 10.6. The van der Waals surface area contributed by atoms with Crippen molar-refractivity contribution in [2.24, 2.45) is 0 Å². The van der Waals surface area contributed by atoms with Crippen molar-refractivity contribution < 1.29 is 37.9 Å². The lowest BCUT2D eigenvalue weighted by molar-refractivity contribution is -0.139. The second-order valence-electron chi connectivity index (χ2n) is 9.82. The van der Waals surface area contributed by atoms with E-state index in [2.05, 4.69) is 5.32 Å². The number of hydrogen-bond donors (Lipinski definition) is 2. The molecule has 0 saturated carbocycles. The summed E-state index contributed by atoms with van der Waals surface area (Å²) in [7, 11) is -0.417. The van der Waals surface area contributed by atoms with Crippen LogP contribution in [0.3, 0.4) is 0 Å². The number of carboxylic acids is 1. The van der Waals surface area contributed by atoms with Crippen molar-refractivity contribution in [3.05, 3.63) is 29.6 Å². The zero-order valence-corrected chi connectivity index (χ0v) is 19.8. The van der Waals surface area contributed by atoms with Gasteiger partial charge in [-0.25, -0.2) is 14.0 Å². The molecule has 2 rings (SSSR count). The Hall–Kier alpha value is -2.33. The summed E-state index contributed by atoms with van der Waals surface area (Å²) in [5.41, 5.74) is -1.51. The van der Waals surface area contributed by atoms with Crippen LogP contribution in [0.2, 0.25) is 6.32 Å². The van der Waals surface area contributed by atoms with Crippen molar-refractivity contribution in [3.63, 3.8) is 0 Å². The molecule has 1 aromatic carbocycles. The highest BCUT2D eigenvalue weighted by Crippen LogP contribution is 2.37. The topological polar surface area (TPSA) is 103 Å². The van der Waals surface area contributed by atoms with Gasteiger partial charge in [0.25, 0.3) is 0 Å². The fourth-order valence-corrected chi connectivity index (χ4v) is 3.01. The molecule has 0 aliphatic carbocycles. The number of rotatable bonds is 8. The predicted molar refractivity (Wildman–Crippen MR) is 117 cm³/mol. The Bertz CT molecular complexity index is 822. The van der Waals surface area contributed by atoms with E-state index in [4.69, 9.17) is 18.8 Å². The standard InChI is InChI=1S/C22H33BFNO7/c1-20(2,3)30-19(28)25-17(18(26)27)12-14-8-9-15(13-16(14)24)29-11-10-23-31-21(4,5)22(6,7)32-23/h8-9,13,17H,10-12H2,1-7H3,(H,25,28)(H,26,27)/t17-/m0/s1. The molecule has 1 amide bonds. The molecule has 2 N–H and O–H groups in total. The first-order valence-electron chi connectivity index (χ1n) is 10.6. The molecule has 1 atom stereocenters. The van der Waals surface area contributed by atoms with Gasteiger partial charge >= 0.3 is 19.2 Å². The first kappa shape index (κ1) is 25.9. The molecule has 1 saturated heterocycles. The fourth-order valence-electron chi connectivity index (χ4n) is 3.01. The Labute approximate surface area is 188 Å². The number of alkyl carbamates (subject to hydrolysis) is 1. The Kier molecular flexibility index (Phi) is 7.83. The summed E-state index contributed by atoms with van der Waals surface area (Å²) in [5, 5.41) is 11.6. The van der Waals surface area contributed by atoms with E-state index in [0.29, 0.717) is 12.1 Å². The summed E-state index contributed by atoms with van der Waals surface area (Å²) in [4.78, 5) is 23.4. The SMILES string of the molecule is CC(C)(C)OC(=O)N[C@@H](Cc1ccc(OCCB2OC(C)(C)C(C)(C)O2)cc1F)C(=O)O. The van der Waals surface area contributed by atoms with Gasteiger partial charge in [0, 0.05) is 18.8 Å². The van der Waals surface area contributed by atoms with Crippen molar-refractivity contribution in [2.45, 2.75) is 84.1 Å². The maximum absolute atomic E-state index is 14.5. The highest BCUT2D eigenvalue weighted by atomic mass is 19.1. The molecule has 1 aliphatic rings. The van der Waals surface area contributed by atoms with Gasteiger partial charge in [-0.1, -0.05) is 6.07 Å². The molecule has 0 radical (unpaired) electrons. The predicted octanol–water partition coefficient (Wildman–Crippen LogP) is 3.82. The maximum atomic E-state index is 14.5. The Morgan fingerprint density at radius 3 is 2.28 bits per heavy atom. The molecule has 0 bridgehead atoms. The van der Waals surface area contributed by atoms with Crippen LogP contribution >= 0.6 is 0 Å². The van der Waals surface area contributed by atoms with Crippen LogP contribution in [-0.2, 0) is 25.3 Å². The van der Waals surface area contributed by atoms with Crippen molar-refractivity contribution in [3.8, 4) is 5.75 Å². The van der Waals surface area contributed by atoms with Gasteiger partial charge in [-0.3, -0.25) is 0 Å². The average molecular weight is 453 g/mol. The highest BCUT2D eigenvalue weighted by molar-refractivity contribution is 6.45. The maximum Gasteiger partial charge on any atom is 0.461 e. The zero-order valence-electron chi connectivity index (χ0n) is 19.8. The number of ether oxygens (including phenoxy) is 2. The fraction of sp³-hybridized carbons (Fsp3) is 0.636. The van der Waals surface area contributed by atoms with Gasteiger partial charge in [-0.05, 0) is 60.1 Å². The van der Waals surface area contributed by atoms with Gasteiger partial charge in [0.05, 0.1) is 17.8 Å². The van der Waals surface area contributed by atoms with Crippen LogP contribution in [0.4, 0.5) is 9.18 Å². The van der Waals surface area contributed by atoms with E-state index in [-0.39, 0.29) is 18.6 Å². The number of aliphatic carboxylic acids is 1. The lowest BCUT2D eigenvalue weighted by atomic mass is 9.86. The summed E-state index contributed by atoms with van der Waals surface area (Å²) in [6.45, 7) is 13.1. The summed E-state index contributed by atoms with van der Waals surface area (Å²) in [5.74, 6) is -1.62. The van der Waals surface area contributed by atoms with Gasteiger partial charge < -0.3 is 29.2 Å². The summed E-state index contributed by atoms with van der Waals surface area (Å²) < 4.78 is 37.0. The van der Waals surface area contributed by atoms with E-state index < -0.39 is 47.8 Å². The molecule has 178 valence electrons. The quantitative estimate of drug-likeness (QED) is 0.577. The van der Waals surface area contributed by atoms with Crippen molar-refractivity contribution in [1.29, 1.82) is 0 Å². The van der Waals surface area contributed by atoms with Gasteiger partial charge in [0.1, 0.15) is 23.2 Å². The first-order chi connectivity index (χ1) is 14.6. The number of carbonyl (C=O) groups is 2. The van der Waals surface area contributed by atoms with E-state index in [1.807, 2.05) is 27.7 Å². The molecule has 0 unspecified atom stereocenters. The van der Waals surface area contributed by atoms with Gasteiger partial charge in [0.15, 0.2) is 0 Å². The second kappa shape index (κ2) is 9.66. The van der Waals surface area contributed by atoms with Crippen LogP contribution in [-0.4, -0.2) is 53.7 Å². The third kappa shape index (κ3) is 7.10. The number of carboxylic acid groups (broad SMARTS) is 1. The number of amides is 1. The van der Waals surface area contributed by atoms with Crippen LogP contribution < -0.4 is 10.1 Å². The van der Waals surface area contributed by atoms with Gasteiger partial charge in [-0.2, -0.15) is 0 Å². The van der Waals surface area contributed by atoms with E-state index in [1.54, 1.807) is 26.8 Å². The Morgan fingerprint density at radius 2 is 1.78 bits per heavy atom. The highest BCUT2D eigenvalue weighted by Gasteiger charge is 2.50. The van der Waals surface area contributed by atoms with Crippen LogP contribution in [0.5, 0.6) is 5.75 Å². The molecular weight excluding hydrogens is 420 g/mol. The summed E-state index contributed by atoms with van der Waals surface area (Å²) in [6.07, 6.45) is -0.654. The molecule has 1 fully saturated rings. The molecule has 1 heterocycles. The molecular formula is C22H33BFNO7. The van der Waals surface area contributed by atoms with Crippen molar-refractivity contribution in [1.82, 2.24) is 5.32 Å². The van der Waals surface area contributed by atoms with Gasteiger partial charge in [-0.15, -0.1) is 0 Å². The zero-order chi connectivity index (χ0) is 24.3. The normalized spacial score (nSPS) is 18.2. The number of nitrogens with one attached hydrogen (secondary N) is 1. The van der Waals surface area contributed by atoms with Crippen LogP contribution in [0.1, 0.15) is 54.0 Å². The number of carbonyl (C=O) groups excluding carboxylic acids is 1. The minimum absolute atomic E-state index is 0.131. The van der Waals surface area contributed by atoms with Crippen LogP contribution in [0.15, 0.2) is 18.2 Å². The van der Waals surface area contributed by atoms with E-state index >= 15 is 0 Å². The molecule has 10 heteroatoms. The van der Waals surface area contributed by atoms with Crippen LogP contribution in [0, 0.1) is 5.82 Å². The molecule has 1 aromatic rings. The summed E-state index contributed by atoms with van der Waals surface area (Å²) >= 11 is 0. The minimum atomic E-state index is -1.34. The number of hydrogen-bond acceptors (Lipinski definition) is 6. The summed E-state index contributed by atoms with van der Waals surface area (Å²) in [6, 6.07) is 2.84. The monoisotopic (exact) mass is 453 g/mol. The Balaban J connectivity index is 1.92. The third-order valence-electron chi connectivity index (χ3n) is 5.36. The number of benzene rings is 1. The third-order valence-corrected chi connectivity index (χ3v) is 5.36. The van der Waals surface area contributed by atoms with E-state index in [9.17, 15) is 19.1 Å². The van der Waals surface area contributed by atoms with Crippen LogP contribution in [0.25, 0.3) is 0 Å². The smallest absolute Gasteiger partial charge is 0.461 e. The number of halogens is 1. The largest absolute Gasteiger partial charge is 0.494 e. The lowest BCUT2D eigenvalue weighted by Crippen LogP contribution is -2.44. The minimum Gasteiger partial charge on any atom is -0.494 e. The molecule has 0 spiro atoms. The van der Waals surface area contributed by atoms with Crippen molar-refractivity contribution >= 4 is 19.2 Å². The van der Waals surface area contributed by atoms with E-state index in [1.165, 1.54) is 12.1 Å². The average Bonchev–Trinajstić information content (AvgIpc) is 2.81. The van der Waals surface area contributed by atoms with Gasteiger partial charge in [0.2, 0.25) is 0 Å². The molecule has 0 aromatic heterocycles. The molecule has 32 heavy (non-hydrogen) atoms. The van der Waals surface area contributed by atoms with E-state index in [0.717, 1.165) is 0 Å². The lowest BCUT2D eigenvalue weighted by Gasteiger charge is -2.32. The second-order valence-corrected chi connectivity index (χ2v) is 9.82. The molecule has 1 aliphatic heterocycles. The van der Waals surface area contributed by atoms with Crippen molar-refractivity contribution in [2.75, 3.05) is 6.61 Å². The molecule has 8 nitrogen and oxygen atoms in total.